The van der Waals surface area contributed by atoms with Crippen LogP contribution in [0.25, 0.3) is 0 Å². The van der Waals surface area contributed by atoms with Crippen molar-refractivity contribution in [2.75, 3.05) is 19.8 Å². The summed E-state index contributed by atoms with van der Waals surface area (Å²) in [4.78, 5) is 11.4. The number of hydrogen-bond donors (Lipinski definition) is 1. The highest BCUT2D eigenvalue weighted by molar-refractivity contribution is 5.78. The molecular formula is C10H17NO2. The van der Waals surface area contributed by atoms with Crippen molar-refractivity contribution in [3.63, 3.8) is 0 Å². The molecule has 0 aliphatic carbocycles. The lowest BCUT2D eigenvalue weighted by molar-refractivity contribution is -0.128. The van der Waals surface area contributed by atoms with E-state index in [9.17, 15) is 4.79 Å². The van der Waals surface area contributed by atoms with Crippen LogP contribution < -0.4 is 5.32 Å². The maximum atomic E-state index is 11.4. The van der Waals surface area contributed by atoms with Crippen LogP contribution in [0, 0.1) is 5.92 Å². The predicted molar refractivity (Wildman–Crippen MR) is 51.4 cm³/mol. The summed E-state index contributed by atoms with van der Waals surface area (Å²) < 4.78 is 5.23. The lowest BCUT2D eigenvalue weighted by Crippen LogP contribution is -2.35. The van der Waals surface area contributed by atoms with Gasteiger partial charge in [0.05, 0.1) is 12.5 Å². The van der Waals surface area contributed by atoms with Gasteiger partial charge in [0.15, 0.2) is 0 Å². The Balaban J connectivity index is 2.21. The van der Waals surface area contributed by atoms with Gasteiger partial charge in [0.25, 0.3) is 0 Å². The average Bonchev–Trinajstić information content (AvgIpc) is 2.19. The quantitative estimate of drug-likeness (QED) is 0.665. The smallest absolute Gasteiger partial charge is 0.225 e. The molecule has 1 heterocycles. The van der Waals surface area contributed by atoms with Crippen LogP contribution in [-0.4, -0.2) is 25.7 Å². The summed E-state index contributed by atoms with van der Waals surface area (Å²) in [6.07, 6.45) is 5.82. The molecule has 0 spiro atoms. The Morgan fingerprint density at radius 3 is 3.15 bits per heavy atom. The lowest BCUT2D eigenvalue weighted by Gasteiger charge is -2.20. The topological polar surface area (TPSA) is 38.3 Å². The molecule has 0 bridgehead atoms. The third-order valence-corrected chi connectivity index (χ3v) is 2.16. The fourth-order valence-electron chi connectivity index (χ4n) is 1.37. The van der Waals surface area contributed by atoms with Gasteiger partial charge in [0.2, 0.25) is 5.91 Å². The molecule has 0 saturated carbocycles. The molecular weight excluding hydrogens is 166 g/mol. The number of hydrogen-bond acceptors (Lipinski definition) is 2. The van der Waals surface area contributed by atoms with Gasteiger partial charge in [-0.15, -0.1) is 0 Å². The van der Waals surface area contributed by atoms with E-state index in [0.717, 1.165) is 19.4 Å². The van der Waals surface area contributed by atoms with Crippen LogP contribution in [0.1, 0.15) is 19.8 Å². The van der Waals surface area contributed by atoms with Crippen LogP contribution >= 0.6 is 0 Å². The first-order valence-corrected chi connectivity index (χ1v) is 4.81. The molecule has 1 aliphatic heterocycles. The minimum absolute atomic E-state index is 0.0685. The van der Waals surface area contributed by atoms with Gasteiger partial charge < -0.3 is 10.1 Å². The number of amides is 1. The van der Waals surface area contributed by atoms with Crippen LogP contribution in [0.4, 0.5) is 0 Å². The first-order valence-electron chi connectivity index (χ1n) is 4.81. The average molecular weight is 183 g/mol. The normalized spacial score (nSPS) is 23.3. The number of carbonyl (C=O) groups excluding carboxylic acids is 1. The second kappa shape index (κ2) is 5.75. The van der Waals surface area contributed by atoms with E-state index in [2.05, 4.69) is 5.32 Å². The summed E-state index contributed by atoms with van der Waals surface area (Å²) in [6, 6.07) is 0. The maximum Gasteiger partial charge on any atom is 0.225 e. The molecule has 1 rings (SSSR count). The molecule has 1 aliphatic rings. The van der Waals surface area contributed by atoms with Crippen molar-refractivity contribution < 1.29 is 9.53 Å². The van der Waals surface area contributed by atoms with Crippen LogP contribution in [0.15, 0.2) is 12.2 Å². The fourth-order valence-corrected chi connectivity index (χ4v) is 1.37. The summed E-state index contributed by atoms with van der Waals surface area (Å²) in [7, 11) is 0. The van der Waals surface area contributed by atoms with Crippen molar-refractivity contribution in [1.82, 2.24) is 5.32 Å². The Morgan fingerprint density at radius 1 is 1.69 bits per heavy atom. The van der Waals surface area contributed by atoms with Gasteiger partial charge in [-0.2, -0.15) is 0 Å². The number of rotatable bonds is 3. The van der Waals surface area contributed by atoms with Crippen molar-refractivity contribution in [3.05, 3.63) is 12.2 Å². The number of allylic oxidation sites excluding steroid dienone is 1. The standard InChI is InChI=1S/C10H17NO2/c1-2-3-6-11-10(12)9-5-4-7-13-8-9/h2-3,9H,4-8H2,1H3,(H,11,12)/b3-2+. The first-order chi connectivity index (χ1) is 6.34. The zero-order valence-electron chi connectivity index (χ0n) is 8.08. The molecule has 1 N–H and O–H groups in total. The van der Waals surface area contributed by atoms with Gasteiger partial charge in [-0.3, -0.25) is 4.79 Å². The fraction of sp³-hybridized carbons (Fsp3) is 0.700. The van der Waals surface area contributed by atoms with E-state index in [-0.39, 0.29) is 11.8 Å². The van der Waals surface area contributed by atoms with Gasteiger partial charge in [-0.25, -0.2) is 0 Å². The van der Waals surface area contributed by atoms with Gasteiger partial charge in [-0.1, -0.05) is 12.2 Å². The molecule has 1 unspecified atom stereocenters. The minimum Gasteiger partial charge on any atom is -0.381 e. The van der Waals surface area contributed by atoms with E-state index in [1.165, 1.54) is 0 Å². The molecule has 1 atom stereocenters. The van der Waals surface area contributed by atoms with E-state index >= 15 is 0 Å². The Morgan fingerprint density at radius 2 is 2.54 bits per heavy atom. The molecule has 0 radical (unpaired) electrons. The highest BCUT2D eigenvalue weighted by atomic mass is 16.5. The molecule has 1 amide bonds. The summed E-state index contributed by atoms with van der Waals surface area (Å²) in [5.41, 5.74) is 0. The first kappa shape index (κ1) is 10.3. The summed E-state index contributed by atoms with van der Waals surface area (Å²) in [5, 5.41) is 2.85. The van der Waals surface area contributed by atoms with Crippen LogP contribution in [-0.2, 0) is 9.53 Å². The Kier molecular flexibility index (Phi) is 4.54. The molecule has 0 aromatic carbocycles. The molecule has 3 heteroatoms. The maximum absolute atomic E-state index is 11.4. The van der Waals surface area contributed by atoms with E-state index in [1.54, 1.807) is 0 Å². The minimum atomic E-state index is 0.0685. The largest absolute Gasteiger partial charge is 0.381 e. The summed E-state index contributed by atoms with van der Waals surface area (Å²) >= 11 is 0. The van der Waals surface area contributed by atoms with Gasteiger partial charge >= 0.3 is 0 Å². The molecule has 1 saturated heterocycles. The predicted octanol–water partition coefficient (Wildman–Crippen LogP) is 1.11. The van der Waals surface area contributed by atoms with E-state index in [1.807, 2.05) is 19.1 Å². The SMILES string of the molecule is C/C=C/CNC(=O)C1CCCOC1. The van der Waals surface area contributed by atoms with Crippen molar-refractivity contribution >= 4 is 5.91 Å². The van der Waals surface area contributed by atoms with Crippen molar-refractivity contribution in [1.29, 1.82) is 0 Å². The number of carbonyl (C=O) groups is 1. The van der Waals surface area contributed by atoms with Crippen LogP contribution in [0.2, 0.25) is 0 Å². The van der Waals surface area contributed by atoms with Gasteiger partial charge in [0.1, 0.15) is 0 Å². The third-order valence-electron chi connectivity index (χ3n) is 2.16. The molecule has 1 fully saturated rings. The summed E-state index contributed by atoms with van der Waals surface area (Å²) in [5.74, 6) is 0.191. The molecule has 0 aromatic rings. The van der Waals surface area contributed by atoms with Crippen LogP contribution in [0.5, 0.6) is 0 Å². The molecule has 0 aromatic heterocycles. The monoisotopic (exact) mass is 183 g/mol. The zero-order valence-corrected chi connectivity index (χ0v) is 8.08. The highest BCUT2D eigenvalue weighted by Gasteiger charge is 2.20. The van der Waals surface area contributed by atoms with Crippen LogP contribution in [0.3, 0.4) is 0 Å². The van der Waals surface area contributed by atoms with Gasteiger partial charge in [-0.05, 0) is 19.8 Å². The Bertz CT molecular complexity index is 183. The second-order valence-electron chi connectivity index (χ2n) is 3.23. The van der Waals surface area contributed by atoms with Crippen molar-refractivity contribution in [2.45, 2.75) is 19.8 Å². The van der Waals surface area contributed by atoms with E-state index < -0.39 is 0 Å². The molecule has 13 heavy (non-hydrogen) atoms. The molecule has 74 valence electrons. The highest BCUT2D eigenvalue weighted by Crippen LogP contribution is 2.12. The third kappa shape index (κ3) is 3.59. The lowest BCUT2D eigenvalue weighted by atomic mass is 10.0. The Hall–Kier alpha value is -0.830. The zero-order chi connectivity index (χ0) is 9.52. The molecule has 3 nitrogen and oxygen atoms in total. The van der Waals surface area contributed by atoms with Crippen molar-refractivity contribution in [2.24, 2.45) is 5.92 Å². The summed E-state index contributed by atoms with van der Waals surface area (Å²) in [6.45, 7) is 3.96. The number of nitrogens with one attached hydrogen (secondary N) is 1. The number of ether oxygens (including phenoxy) is 1. The van der Waals surface area contributed by atoms with E-state index in [4.69, 9.17) is 4.74 Å². The second-order valence-corrected chi connectivity index (χ2v) is 3.23. The van der Waals surface area contributed by atoms with E-state index in [0.29, 0.717) is 13.2 Å². The van der Waals surface area contributed by atoms with Crippen molar-refractivity contribution in [3.8, 4) is 0 Å². The van der Waals surface area contributed by atoms with Gasteiger partial charge in [0, 0.05) is 13.2 Å². The Labute approximate surface area is 79.2 Å².